The fraction of sp³-hybridized carbons (Fsp3) is 0.158. The number of pyridine rings is 1. The monoisotopic (exact) mass is 559 g/mol. The number of imide groups is 1. The number of hydrogen-bond donors (Lipinski definition) is 0. The van der Waals surface area contributed by atoms with E-state index in [0.717, 1.165) is 17.0 Å². The Morgan fingerprint density at radius 1 is 1.16 bits per heavy atom. The minimum absolute atomic E-state index is 0.0723. The number of hydrogen-bond acceptors (Lipinski definition) is 6. The molecule has 0 fully saturated rings. The highest BCUT2D eigenvalue weighted by atomic mass is 79.9. The van der Waals surface area contributed by atoms with Crippen molar-refractivity contribution in [2.45, 2.75) is 13.8 Å². The second-order valence-corrected chi connectivity index (χ2v) is 8.76. The number of non-ortho nitro benzene ring substituents is 1. The third-order valence-electron chi connectivity index (χ3n) is 4.19. The second kappa shape index (κ2) is 9.53. The van der Waals surface area contributed by atoms with Crippen LogP contribution in [0.25, 0.3) is 5.82 Å². The maximum absolute atomic E-state index is 13.6. The number of amides is 2. The minimum atomic E-state index is -0.832. The first-order valence-corrected chi connectivity index (χ1v) is 10.8. The Balaban J connectivity index is 2.23. The normalized spacial score (nSPS) is 11.0. The molecule has 2 amide bonds. The highest BCUT2D eigenvalue weighted by Crippen LogP contribution is 2.39. The second-order valence-electron chi connectivity index (χ2n) is 6.72. The fourth-order valence-electron chi connectivity index (χ4n) is 2.75. The average Bonchev–Trinajstić information content (AvgIpc) is 3.11. The van der Waals surface area contributed by atoms with Crippen molar-refractivity contribution < 1.29 is 14.5 Å². The van der Waals surface area contributed by atoms with Crippen LogP contribution in [0.2, 0.25) is 15.1 Å². The molecule has 0 aliphatic carbocycles. The predicted octanol–water partition coefficient (Wildman–Crippen LogP) is 5.73. The van der Waals surface area contributed by atoms with Gasteiger partial charge in [-0.1, -0.05) is 48.7 Å². The summed E-state index contributed by atoms with van der Waals surface area (Å²) < 4.78 is 1.45. The molecule has 2 aromatic heterocycles. The summed E-state index contributed by atoms with van der Waals surface area (Å²) in [5.74, 6) is -1.95. The molecule has 0 bridgehead atoms. The number of benzene rings is 1. The summed E-state index contributed by atoms with van der Waals surface area (Å²) in [6.45, 7) is 3.16. The van der Waals surface area contributed by atoms with Crippen molar-refractivity contribution in [2.24, 2.45) is 5.92 Å². The summed E-state index contributed by atoms with van der Waals surface area (Å²) >= 11 is 21.9. The van der Waals surface area contributed by atoms with Gasteiger partial charge in [-0.2, -0.15) is 5.10 Å². The first-order valence-electron chi connectivity index (χ1n) is 8.91. The molecule has 0 saturated carbocycles. The number of nitro groups is 1. The lowest BCUT2D eigenvalue weighted by molar-refractivity contribution is -0.384. The van der Waals surface area contributed by atoms with Crippen molar-refractivity contribution in [1.29, 1.82) is 0 Å². The van der Waals surface area contributed by atoms with Gasteiger partial charge >= 0.3 is 0 Å². The van der Waals surface area contributed by atoms with Gasteiger partial charge in [-0.15, -0.1) is 0 Å². The number of rotatable bonds is 5. The van der Waals surface area contributed by atoms with E-state index in [9.17, 15) is 19.7 Å². The zero-order valence-electron chi connectivity index (χ0n) is 16.4. The van der Waals surface area contributed by atoms with E-state index in [2.05, 4.69) is 26.0 Å². The van der Waals surface area contributed by atoms with Crippen LogP contribution in [0.1, 0.15) is 24.3 Å². The zero-order valence-corrected chi connectivity index (χ0v) is 20.3. The standard InChI is InChI=1S/C19H13BrCl3N5O4/c1-9(2)18(29)26(16-12(22)6-10(28(31)32)7-13(16)23)19(30)14-8-15(20)25-27(14)17-11(21)4-3-5-24-17/h3-9H,1-2H3. The maximum atomic E-state index is 13.6. The molecule has 32 heavy (non-hydrogen) atoms. The Bertz CT molecular complexity index is 1220. The highest BCUT2D eigenvalue weighted by molar-refractivity contribution is 9.10. The van der Waals surface area contributed by atoms with Crippen LogP contribution in [0, 0.1) is 16.0 Å². The van der Waals surface area contributed by atoms with Crippen molar-refractivity contribution >= 4 is 73.9 Å². The van der Waals surface area contributed by atoms with E-state index in [1.54, 1.807) is 26.0 Å². The van der Waals surface area contributed by atoms with E-state index in [0.29, 0.717) is 0 Å². The van der Waals surface area contributed by atoms with Gasteiger partial charge in [0.15, 0.2) is 5.82 Å². The van der Waals surface area contributed by atoms with Crippen molar-refractivity contribution in [3.8, 4) is 5.82 Å². The molecular formula is C19H13BrCl3N5O4. The van der Waals surface area contributed by atoms with Crippen molar-refractivity contribution in [3.05, 3.63) is 72.0 Å². The Kier molecular flexibility index (Phi) is 7.19. The molecule has 0 aliphatic rings. The molecule has 2 heterocycles. The molecule has 0 atom stereocenters. The molecule has 0 N–H and O–H groups in total. The molecule has 0 spiro atoms. The number of anilines is 1. The van der Waals surface area contributed by atoms with E-state index in [-0.39, 0.29) is 42.6 Å². The molecule has 166 valence electrons. The Labute approximate surface area is 205 Å². The lowest BCUT2D eigenvalue weighted by Crippen LogP contribution is -2.41. The Morgan fingerprint density at radius 2 is 1.78 bits per heavy atom. The van der Waals surface area contributed by atoms with Gasteiger partial charge in [0.1, 0.15) is 10.3 Å². The smallest absolute Gasteiger partial charge is 0.274 e. The number of aromatic nitrogens is 3. The molecule has 0 saturated heterocycles. The van der Waals surface area contributed by atoms with Gasteiger partial charge in [0, 0.05) is 30.3 Å². The van der Waals surface area contributed by atoms with E-state index < -0.39 is 22.7 Å². The van der Waals surface area contributed by atoms with Crippen LogP contribution in [-0.4, -0.2) is 31.5 Å². The Hall–Kier alpha value is -2.53. The molecule has 1 aromatic carbocycles. The van der Waals surface area contributed by atoms with Crippen LogP contribution in [0.3, 0.4) is 0 Å². The summed E-state index contributed by atoms with van der Waals surface area (Å²) in [7, 11) is 0. The van der Waals surface area contributed by atoms with Crippen molar-refractivity contribution in [3.63, 3.8) is 0 Å². The maximum Gasteiger partial charge on any atom is 0.284 e. The molecular weight excluding hydrogens is 549 g/mol. The van der Waals surface area contributed by atoms with Crippen LogP contribution >= 0.6 is 50.7 Å². The van der Waals surface area contributed by atoms with Crippen LogP contribution in [0.4, 0.5) is 11.4 Å². The summed E-state index contributed by atoms with van der Waals surface area (Å²) in [5, 5.41) is 15.0. The first kappa shape index (κ1) is 24.1. The average molecular weight is 562 g/mol. The number of nitrogens with zero attached hydrogens (tertiary/aromatic N) is 5. The minimum Gasteiger partial charge on any atom is -0.274 e. The predicted molar refractivity (Wildman–Crippen MR) is 124 cm³/mol. The summed E-state index contributed by atoms with van der Waals surface area (Å²) in [4.78, 5) is 42.1. The van der Waals surface area contributed by atoms with Gasteiger partial charge in [-0.3, -0.25) is 19.7 Å². The van der Waals surface area contributed by atoms with Gasteiger partial charge in [-0.25, -0.2) is 14.6 Å². The topological polar surface area (TPSA) is 111 Å². The molecule has 13 heteroatoms. The first-order chi connectivity index (χ1) is 15.0. The van der Waals surface area contributed by atoms with Gasteiger partial charge in [0.2, 0.25) is 5.91 Å². The lowest BCUT2D eigenvalue weighted by atomic mass is 10.1. The van der Waals surface area contributed by atoms with E-state index in [1.807, 2.05) is 0 Å². The lowest BCUT2D eigenvalue weighted by Gasteiger charge is -2.25. The molecule has 0 aliphatic heterocycles. The Morgan fingerprint density at radius 3 is 2.31 bits per heavy atom. The molecule has 3 aromatic rings. The zero-order chi connectivity index (χ0) is 23.7. The van der Waals surface area contributed by atoms with E-state index >= 15 is 0 Å². The number of nitro benzene ring substituents is 1. The number of carbonyl (C=O) groups excluding carboxylic acids is 2. The summed E-state index contributed by atoms with van der Waals surface area (Å²) in [6.07, 6.45) is 1.46. The van der Waals surface area contributed by atoms with Crippen LogP contribution in [0.15, 0.2) is 41.1 Å². The summed E-state index contributed by atoms with van der Waals surface area (Å²) in [5.41, 5.74) is -0.642. The SMILES string of the molecule is CC(C)C(=O)N(C(=O)c1cc(Br)nn1-c1ncccc1Cl)c1c(Cl)cc([N+](=O)[O-])cc1Cl. The van der Waals surface area contributed by atoms with Gasteiger partial charge in [-0.05, 0) is 28.1 Å². The quantitative estimate of drug-likeness (QED) is 0.291. The number of halogens is 4. The molecule has 0 unspecified atom stereocenters. The van der Waals surface area contributed by atoms with Gasteiger partial charge in [0.25, 0.3) is 11.6 Å². The van der Waals surface area contributed by atoms with Crippen LogP contribution in [-0.2, 0) is 4.79 Å². The van der Waals surface area contributed by atoms with Crippen molar-refractivity contribution in [2.75, 3.05) is 4.90 Å². The van der Waals surface area contributed by atoms with Crippen LogP contribution in [0.5, 0.6) is 0 Å². The van der Waals surface area contributed by atoms with Gasteiger partial charge < -0.3 is 0 Å². The molecule has 9 nitrogen and oxygen atoms in total. The molecule has 3 rings (SSSR count). The van der Waals surface area contributed by atoms with Crippen LogP contribution < -0.4 is 4.90 Å². The fourth-order valence-corrected chi connectivity index (χ4v) is 3.98. The third-order valence-corrected chi connectivity index (χ3v) is 5.45. The van der Waals surface area contributed by atoms with Crippen molar-refractivity contribution in [1.82, 2.24) is 14.8 Å². The van der Waals surface area contributed by atoms with Gasteiger partial charge in [0.05, 0.1) is 25.7 Å². The molecule has 0 radical (unpaired) electrons. The largest absolute Gasteiger partial charge is 0.284 e. The number of carbonyl (C=O) groups is 2. The third kappa shape index (κ3) is 4.63. The summed E-state index contributed by atoms with van der Waals surface area (Å²) in [6, 6.07) is 6.58. The van der Waals surface area contributed by atoms with E-state index in [1.165, 1.54) is 16.9 Å². The highest BCUT2D eigenvalue weighted by Gasteiger charge is 2.34. The van der Waals surface area contributed by atoms with E-state index in [4.69, 9.17) is 34.8 Å².